The molecule has 2 aromatic carbocycles. The number of esters is 5. The van der Waals surface area contributed by atoms with Gasteiger partial charge in [0.1, 0.15) is 24.4 Å². The molecular formula is C45H54F6O12. The zero-order chi connectivity index (χ0) is 47.0. The molecule has 3 rings (SSSR count). The first-order chi connectivity index (χ1) is 29.7. The summed E-state index contributed by atoms with van der Waals surface area (Å²) < 4.78 is 126. The second-order valence-corrected chi connectivity index (χ2v) is 14.8. The average Bonchev–Trinajstić information content (AvgIpc) is 3.53. The highest BCUT2D eigenvalue weighted by Crippen LogP contribution is 2.47. The van der Waals surface area contributed by atoms with Crippen molar-refractivity contribution in [3.8, 4) is 0 Å². The average molecular weight is 901 g/mol. The van der Waals surface area contributed by atoms with Gasteiger partial charge < -0.3 is 33.2 Å². The quantitative estimate of drug-likeness (QED) is 0.0366. The second-order valence-electron chi connectivity index (χ2n) is 14.8. The summed E-state index contributed by atoms with van der Waals surface area (Å²) in [5.41, 5.74) is -8.30. The van der Waals surface area contributed by atoms with E-state index in [4.69, 9.17) is 28.4 Å². The maximum Gasteiger partial charge on any atom is 0.432 e. The smallest absolute Gasteiger partial charge is 0.432 e. The standard InChI is InChI=1S/C45H54F6O12/c1-7-33(60-29(2)52)24-25-34(62-40(55)42(58-5,44(46,47)48)31-18-12-10-13-19-31)26-27-36-35(22-16-8-9-17-23-39(54)57-4)38(28-37(36)61-30(3)53)63-41(56)43(59-6,45(49,50)51)32-20-14-11-15-21-32/h8,10-16,18-21,26-27,33-38H,7,9,17,22-25,28H2,1-6H3/b16-8-,27-26+/t33?,34-,35+,36+,37+,38-,42-,43-/m0/s1. The van der Waals surface area contributed by atoms with Crippen molar-refractivity contribution in [2.45, 2.75) is 120 Å². The van der Waals surface area contributed by atoms with E-state index in [-0.39, 0.29) is 32.1 Å². The molecule has 12 nitrogen and oxygen atoms in total. The summed E-state index contributed by atoms with van der Waals surface area (Å²) in [4.78, 5) is 63.6. The first kappa shape index (κ1) is 52.1. The number of methoxy groups -OCH3 is 3. The van der Waals surface area contributed by atoms with Crippen LogP contribution < -0.4 is 0 Å². The molecule has 0 spiro atoms. The molecule has 0 bridgehead atoms. The first-order valence-corrected chi connectivity index (χ1v) is 20.2. The predicted molar refractivity (Wildman–Crippen MR) is 213 cm³/mol. The fourth-order valence-electron chi connectivity index (χ4n) is 7.57. The molecule has 348 valence electrons. The van der Waals surface area contributed by atoms with E-state index in [1.807, 2.05) is 0 Å². The van der Waals surface area contributed by atoms with Crippen molar-refractivity contribution in [3.63, 3.8) is 0 Å². The summed E-state index contributed by atoms with van der Waals surface area (Å²) in [5.74, 6) is -7.47. The molecule has 1 aliphatic rings. The zero-order valence-electron chi connectivity index (χ0n) is 35.9. The molecule has 63 heavy (non-hydrogen) atoms. The Balaban J connectivity index is 2.15. The molecule has 0 saturated heterocycles. The number of rotatable bonds is 22. The molecule has 0 amide bonds. The van der Waals surface area contributed by atoms with Gasteiger partial charge in [-0.25, -0.2) is 9.59 Å². The highest BCUT2D eigenvalue weighted by Gasteiger charge is 2.66. The Morgan fingerprint density at radius 1 is 0.714 bits per heavy atom. The lowest BCUT2D eigenvalue weighted by atomic mass is 9.88. The van der Waals surface area contributed by atoms with Crippen molar-refractivity contribution in [2.24, 2.45) is 11.8 Å². The van der Waals surface area contributed by atoms with E-state index in [1.165, 1.54) is 62.6 Å². The van der Waals surface area contributed by atoms with Crippen LogP contribution in [0.3, 0.4) is 0 Å². The lowest BCUT2D eigenvalue weighted by Crippen LogP contribution is -2.52. The molecule has 1 aliphatic carbocycles. The van der Waals surface area contributed by atoms with E-state index < -0.39 is 101 Å². The molecule has 1 saturated carbocycles. The third-order valence-corrected chi connectivity index (χ3v) is 10.7. The summed E-state index contributed by atoms with van der Waals surface area (Å²) in [5, 5.41) is 0. The largest absolute Gasteiger partial charge is 0.469 e. The molecule has 0 radical (unpaired) electrons. The summed E-state index contributed by atoms with van der Waals surface area (Å²) in [6, 6.07) is 12.2. The minimum atomic E-state index is -5.33. The number of carbonyl (C=O) groups is 5. The van der Waals surface area contributed by atoms with Gasteiger partial charge in [-0.05, 0) is 44.6 Å². The molecule has 0 N–H and O–H groups in total. The van der Waals surface area contributed by atoms with Gasteiger partial charge in [0.15, 0.2) is 0 Å². The molecule has 8 atom stereocenters. The SMILES string of the molecule is CCC(CC[C@@H](/C=C/[C@@H]1[C@@H](C/C=C\CCCC(=O)OC)[C@@H](OC(=O)[C@@](OC)(c2ccccc2)C(F)(F)F)C[C@H]1OC(C)=O)OC(=O)[C@@](OC)(c1ccccc1)C(F)(F)F)OC(C)=O. The third-order valence-electron chi connectivity index (χ3n) is 10.7. The van der Waals surface area contributed by atoms with Crippen LogP contribution in [0.25, 0.3) is 0 Å². The van der Waals surface area contributed by atoms with Crippen LogP contribution in [-0.4, -0.2) is 87.9 Å². The van der Waals surface area contributed by atoms with Gasteiger partial charge in [0.2, 0.25) is 0 Å². The molecule has 0 aromatic heterocycles. The molecular weight excluding hydrogens is 846 g/mol. The number of benzene rings is 2. The topological polar surface area (TPSA) is 150 Å². The summed E-state index contributed by atoms with van der Waals surface area (Å²) in [7, 11) is 2.65. The van der Waals surface area contributed by atoms with E-state index in [2.05, 4.69) is 4.74 Å². The van der Waals surface area contributed by atoms with E-state index in [9.17, 15) is 50.3 Å². The maximum absolute atomic E-state index is 14.9. The fraction of sp³-hybridized carbons (Fsp3) is 0.533. The number of ether oxygens (including phenoxy) is 7. The van der Waals surface area contributed by atoms with Crippen molar-refractivity contribution in [1.29, 1.82) is 0 Å². The van der Waals surface area contributed by atoms with Crippen LogP contribution in [0.4, 0.5) is 26.3 Å². The highest BCUT2D eigenvalue weighted by molar-refractivity contribution is 5.83. The number of hydrogen-bond donors (Lipinski definition) is 0. The van der Waals surface area contributed by atoms with Gasteiger partial charge in [-0.1, -0.05) is 85.8 Å². The van der Waals surface area contributed by atoms with Crippen LogP contribution >= 0.6 is 0 Å². The lowest BCUT2D eigenvalue weighted by Gasteiger charge is -2.34. The predicted octanol–water partition coefficient (Wildman–Crippen LogP) is 8.55. The van der Waals surface area contributed by atoms with Crippen LogP contribution in [0.15, 0.2) is 85.0 Å². The van der Waals surface area contributed by atoms with E-state index in [0.717, 1.165) is 31.2 Å². The van der Waals surface area contributed by atoms with Gasteiger partial charge in [-0.15, -0.1) is 0 Å². The van der Waals surface area contributed by atoms with Gasteiger partial charge in [0.05, 0.1) is 7.11 Å². The van der Waals surface area contributed by atoms with Crippen LogP contribution in [0.5, 0.6) is 0 Å². The summed E-state index contributed by atoms with van der Waals surface area (Å²) >= 11 is 0. The van der Waals surface area contributed by atoms with E-state index in [0.29, 0.717) is 33.5 Å². The van der Waals surface area contributed by atoms with Crippen LogP contribution in [0.1, 0.15) is 83.3 Å². The van der Waals surface area contributed by atoms with Crippen LogP contribution in [-0.2, 0) is 68.3 Å². The summed E-state index contributed by atoms with van der Waals surface area (Å²) in [6.07, 6.45) is -8.85. The van der Waals surface area contributed by atoms with Crippen molar-refractivity contribution >= 4 is 29.8 Å². The Morgan fingerprint density at radius 3 is 1.75 bits per heavy atom. The Kier molecular flexibility index (Phi) is 19.4. The minimum absolute atomic E-state index is 0.00174. The second kappa shape index (κ2) is 23.5. The summed E-state index contributed by atoms with van der Waals surface area (Å²) in [6.45, 7) is 3.96. The lowest BCUT2D eigenvalue weighted by molar-refractivity contribution is -0.279. The number of unbranched alkanes of at least 4 members (excludes halogenated alkanes) is 1. The highest BCUT2D eigenvalue weighted by atomic mass is 19.4. The van der Waals surface area contributed by atoms with Crippen molar-refractivity contribution in [2.75, 3.05) is 21.3 Å². The number of alkyl halides is 6. The van der Waals surface area contributed by atoms with Gasteiger partial charge in [0.25, 0.3) is 11.2 Å². The van der Waals surface area contributed by atoms with Gasteiger partial charge >= 0.3 is 42.2 Å². The zero-order valence-corrected chi connectivity index (χ0v) is 35.9. The van der Waals surface area contributed by atoms with Gasteiger partial charge in [0, 0.05) is 63.9 Å². The number of halogens is 6. The number of allylic oxidation sites excluding steroid dienone is 2. The number of carbonyl (C=O) groups excluding carboxylic acids is 5. The van der Waals surface area contributed by atoms with E-state index in [1.54, 1.807) is 19.1 Å². The maximum atomic E-state index is 14.9. The Labute approximate surface area is 362 Å². The third kappa shape index (κ3) is 13.2. The molecule has 18 heteroatoms. The molecule has 2 aromatic rings. The van der Waals surface area contributed by atoms with Gasteiger partial charge in [-0.3, -0.25) is 14.4 Å². The van der Waals surface area contributed by atoms with Crippen molar-refractivity contribution in [3.05, 3.63) is 96.1 Å². The molecule has 1 unspecified atom stereocenters. The molecule has 1 fully saturated rings. The van der Waals surface area contributed by atoms with Crippen molar-refractivity contribution < 1.29 is 83.5 Å². The Morgan fingerprint density at radius 2 is 1.27 bits per heavy atom. The fourth-order valence-corrected chi connectivity index (χ4v) is 7.57. The van der Waals surface area contributed by atoms with Gasteiger partial charge in [-0.2, -0.15) is 26.3 Å². The normalized spacial score (nSPS) is 20.9. The van der Waals surface area contributed by atoms with E-state index >= 15 is 0 Å². The monoisotopic (exact) mass is 900 g/mol. The van der Waals surface area contributed by atoms with Crippen LogP contribution in [0, 0.1) is 11.8 Å². The van der Waals surface area contributed by atoms with Crippen molar-refractivity contribution in [1.82, 2.24) is 0 Å². The number of hydrogen-bond acceptors (Lipinski definition) is 12. The van der Waals surface area contributed by atoms with Crippen LogP contribution in [0.2, 0.25) is 0 Å². The Bertz CT molecular complexity index is 1870. The minimum Gasteiger partial charge on any atom is -0.469 e. The Hall–Kier alpha value is -5.23. The molecule has 0 aliphatic heterocycles. The first-order valence-electron chi connectivity index (χ1n) is 20.2. The molecule has 0 heterocycles.